The van der Waals surface area contributed by atoms with Crippen molar-refractivity contribution >= 4 is 0 Å². The molecule has 0 amide bonds. The molecule has 1 N–H and O–H groups in total. The fourth-order valence-corrected chi connectivity index (χ4v) is 2.79. The molecule has 0 aliphatic carbocycles. The second-order valence-corrected chi connectivity index (χ2v) is 6.12. The third-order valence-corrected chi connectivity index (χ3v) is 4.11. The molecular weight excluding hydrogens is 278 g/mol. The number of rotatable bonds is 6. The van der Waals surface area contributed by atoms with Crippen LogP contribution in [0.15, 0.2) is 24.3 Å². The van der Waals surface area contributed by atoms with E-state index in [9.17, 15) is 5.11 Å². The number of benzene rings is 1. The number of hydrogen-bond acceptors (Lipinski definition) is 5. The third-order valence-electron chi connectivity index (χ3n) is 4.11. The fourth-order valence-electron chi connectivity index (χ4n) is 2.79. The lowest BCUT2D eigenvalue weighted by molar-refractivity contribution is 0.0456. The van der Waals surface area contributed by atoms with Crippen LogP contribution in [0.4, 0.5) is 0 Å². The molecule has 1 aromatic rings. The van der Waals surface area contributed by atoms with Gasteiger partial charge in [0.05, 0.1) is 11.6 Å². The monoisotopic (exact) mass is 303 g/mol. The molecule has 1 saturated heterocycles. The third kappa shape index (κ3) is 4.99. The second-order valence-electron chi connectivity index (χ2n) is 6.12. The summed E-state index contributed by atoms with van der Waals surface area (Å²) in [4.78, 5) is 4.56. The van der Waals surface area contributed by atoms with E-state index in [0.717, 1.165) is 13.1 Å². The minimum atomic E-state index is -0.503. The van der Waals surface area contributed by atoms with Crippen molar-refractivity contribution < 1.29 is 9.84 Å². The molecule has 1 heterocycles. The summed E-state index contributed by atoms with van der Waals surface area (Å²) in [6, 6.07) is 9.59. The van der Waals surface area contributed by atoms with Gasteiger partial charge >= 0.3 is 0 Å². The molecule has 120 valence electrons. The topological polar surface area (TPSA) is 59.7 Å². The van der Waals surface area contributed by atoms with Crippen molar-refractivity contribution in [3.63, 3.8) is 0 Å². The maximum absolute atomic E-state index is 10.2. The van der Waals surface area contributed by atoms with Crippen LogP contribution < -0.4 is 4.74 Å². The molecule has 2 unspecified atom stereocenters. The zero-order valence-electron chi connectivity index (χ0n) is 13.4. The summed E-state index contributed by atoms with van der Waals surface area (Å²) < 4.78 is 5.59. The van der Waals surface area contributed by atoms with E-state index >= 15 is 0 Å². The maximum atomic E-state index is 10.2. The molecule has 2 atom stereocenters. The first-order chi connectivity index (χ1) is 10.6. The Morgan fingerprint density at radius 1 is 1.41 bits per heavy atom. The van der Waals surface area contributed by atoms with Gasteiger partial charge in [0.15, 0.2) is 0 Å². The summed E-state index contributed by atoms with van der Waals surface area (Å²) in [5.74, 6) is 0.683. The lowest BCUT2D eigenvalue weighted by atomic mass is 10.0. The Balaban J connectivity index is 1.75. The van der Waals surface area contributed by atoms with Crippen LogP contribution in [-0.2, 0) is 0 Å². The van der Waals surface area contributed by atoms with Crippen LogP contribution in [0.3, 0.4) is 0 Å². The highest BCUT2D eigenvalue weighted by atomic mass is 16.5. The molecule has 5 heteroatoms. The van der Waals surface area contributed by atoms with Gasteiger partial charge in [-0.1, -0.05) is 0 Å². The molecule has 5 nitrogen and oxygen atoms in total. The van der Waals surface area contributed by atoms with Gasteiger partial charge in [-0.2, -0.15) is 5.26 Å². The molecule has 0 saturated carbocycles. The molecule has 0 aromatic heterocycles. The molecule has 0 radical (unpaired) electrons. The Hall–Kier alpha value is -1.61. The first kappa shape index (κ1) is 16.8. The lowest BCUT2D eigenvalue weighted by Crippen LogP contribution is -2.48. The van der Waals surface area contributed by atoms with E-state index in [4.69, 9.17) is 10.00 Å². The zero-order valence-corrected chi connectivity index (χ0v) is 13.4. The highest BCUT2D eigenvalue weighted by Gasteiger charge is 2.23. The zero-order chi connectivity index (χ0) is 15.9. The van der Waals surface area contributed by atoms with Gasteiger partial charge in [0, 0.05) is 19.1 Å². The number of likely N-dealkylation sites (tertiary alicyclic amines) is 1. The van der Waals surface area contributed by atoms with Crippen molar-refractivity contribution in [2.24, 2.45) is 0 Å². The molecule has 1 aromatic carbocycles. The normalized spacial score (nSPS) is 20.6. The van der Waals surface area contributed by atoms with Gasteiger partial charge in [-0.3, -0.25) is 4.90 Å². The Kier molecular flexibility index (Phi) is 6.20. The highest BCUT2D eigenvalue weighted by Crippen LogP contribution is 2.15. The summed E-state index contributed by atoms with van der Waals surface area (Å²) >= 11 is 0. The Bertz CT molecular complexity index is 496. The van der Waals surface area contributed by atoms with Crippen LogP contribution in [0.25, 0.3) is 0 Å². The summed E-state index contributed by atoms with van der Waals surface area (Å²) in [7, 11) is 4.22. The predicted octanol–water partition coefficient (Wildman–Crippen LogP) is 1.32. The van der Waals surface area contributed by atoms with Crippen LogP contribution >= 0.6 is 0 Å². The molecule has 1 aliphatic rings. The van der Waals surface area contributed by atoms with Gasteiger partial charge in [0.25, 0.3) is 0 Å². The number of aliphatic hydroxyl groups is 1. The molecule has 22 heavy (non-hydrogen) atoms. The van der Waals surface area contributed by atoms with Crippen molar-refractivity contribution in [2.75, 3.05) is 40.3 Å². The molecule has 0 spiro atoms. The summed E-state index contributed by atoms with van der Waals surface area (Å²) in [5, 5.41) is 18.9. The SMILES string of the molecule is CN(C)C1CCCN(CC(O)COc2ccc(C#N)cc2)C1. The summed E-state index contributed by atoms with van der Waals surface area (Å²) in [5.41, 5.74) is 0.607. The van der Waals surface area contributed by atoms with Crippen LogP contribution in [0.5, 0.6) is 5.75 Å². The molecule has 1 fully saturated rings. The Morgan fingerprint density at radius 3 is 2.77 bits per heavy atom. The van der Waals surface area contributed by atoms with Gasteiger partial charge in [-0.25, -0.2) is 0 Å². The van der Waals surface area contributed by atoms with Crippen molar-refractivity contribution in [1.29, 1.82) is 5.26 Å². The minimum absolute atomic E-state index is 0.273. The maximum Gasteiger partial charge on any atom is 0.119 e. The van der Waals surface area contributed by atoms with Gasteiger partial charge in [0.2, 0.25) is 0 Å². The van der Waals surface area contributed by atoms with Gasteiger partial charge in [0.1, 0.15) is 18.5 Å². The van der Waals surface area contributed by atoms with Gasteiger partial charge in [-0.15, -0.1) is 0 Å². The summed E-state index contributed by atoms with van der Waals surface area (Å²) in [6.07, 6.45) is 1.89. The van der Waals surface area contributed by atoms with E-state index in [2.05, 4.69) is 30.0 Å². The van der Waals surface area contributed by atoms with Crippen LogP contribution in [0.1, 0.15) is 18.4 Å². The van der Waals surface area contributed by atoms with E-state index in [1.54, 1.807) is 24.3 Å². The van der Waals surface area contributed by atoms with E-state index < -0.39 is 6.10 Å². The molecule has 1 aliphatic heterocycles. The van der Waals surface area contributed by atoms with Crippen LogP contribution in [0, 0.1) is 11.3 Å². The number of aliphatic hydroxyl groups excluding tert-OH is 1. The number of hydrogen-bond donors (Lipinski definition) is 1. The van der Waals surface area contributed by atoms with Crippen LogP contribution in [-0.4, -0.2) is 67.4 Å². The van der Waals surface area contributed by atoms with Crippen LogP contribution in [0.2, 0.25) is 0 Å². The smallest absolute Gasteiger partial charge is 0.119 e. The standard InChI is InChI=1S/C17H25N3O2/c1-19(2)15-4-3-9-20(11-15)12-16(21)13-22-17-7-5-14(10-18)6-8-17/h5-8,15-16,21H,3-4,9,11-13H2,1-2H3. The first-order valence-electron chi connectivity index (χ1n) is 7.78. The lowest BCUT2D eigenvalue weighted by Gasteiger charge is -2.36. The Morgan fingerprint density at radius 2 is 2.14 bits per heavy atom. The van der Waals surface area contributed by atoms with E-state index in [1.165, 1.54) is 12.8 Å². The van der Waals surface area contributed by atoms with Gasteiger partial charge in [-0.05, 0) is 57.7 Å². The molecule has 2 rings (SSSR count). The number of nitrogens with zero attached hydrogens (tertiary/aromatic N) is 3. The largest absolute Gasteiger partial charge is 0.491 e. The number of nitriles is 1. The van der Waals surface area contributed by atoms with Crippen molar-refractivity contribution in [3.8, 4) is 11.8 Å². The first-order valence-corrected chi connectivity index (χ1v) is 7.78. The number of likely N-dealkylation sites (N-methyl/N-ethyl adjacent to an activating group) is 1. The second kappa shape index (κ2) is 8.14. The molecular formula is C17H25N3O2. The van der Waals surface area contributed by atoms with Gasteiger partial charge < -0.3 is 14.7 Å². The van der Waals surface area contributed by atoms with E-state index in [0.29, 0.717) is 23.9 Å². The number of β-amino-alcohol motifs (C(OH)–C–C–N with tert-alkyl or cyclic N) is 1. The fraction of sp³-hybridized carbons (Fsp3) is 0.588. The highest BCUT2D eigenvalue weighted by molar-refractivity contribution is 5.34. The van der Waals surface area contributed by atoms with Crippen molar-refractivity contribution in [2.45, 2.75) is 25.0 Å². The average Bonchev–Trinajstić information content (AvgIpc) is 2.53. The quantitative estimate of drug-likeness (QED) is 0.859. The van der Waals surface area contributed by atoms with E-state index in [-0.39, 0.29) is 6.61 Å². The van der Waals surface area contributed by atoms with E-state index in [1.807, 2.05) is 0 Å². The summed E-state index contributed by atoms with van der Waals surface area (Å²) in [6.45, 7) is 2.95. The predicted molar refractivity (Wildman–Crippen MR) is 85.8 cm³/mol. The minimum Gasteiger partial charge on any atom is -0.491 e. The number of piperidine rings is 1. The Labute approximate surface area is 132 Å². The van der Waals surface area contributed by atoms with Crippen molar-refractivity contribution in [3.05, 3.63) is 29.8 Å². The molecule has 0 bridgehead atoms. The number of ether oxygens (including phenoxy) is 1. The van der Waals surface area contributed by atoms with Crippen molar-refractivity contribution in [1.82, 2.24) is 9.80 Å². The average molecular weight is 303 g/mol.